The van der Waals surface area contributed by atoms with E-state index in [0.29, 0.717) is 29.7 Å². The van der Waals surface area contributed by atoms with Crippen LogP contribution in [-0.2, 0) is 32.0 Å². The number of pyridine rings is 1. The van der Waals surface area contributed by atoms with Crippen LogP contribution in [0.3, 0.4) is 0 Å². The molecule has 3 atom stereocenters. The van der Waals surface area contributed by atoms with Gasteiger partial charge in [0.15, 0.2) is 18.9 Å². The fourth-order valence-electron chi connectivity index (χ4n) is 4.44. The highest BCUT2D eigenvalue weighted by atomic mass is 32.2. The maximum Gasteiger partial charge on any atom is 0.352 e. The van der Waals surface area contributed by atoms with Crippen LogP contribution in [0.5, 0.6) is 0 Å². The van der Waals surface area contributed by atoms with E-state index in [1.54, 1.807) is 36.7 Å². The molecule has 3 heterocycles. The van der Waals surface area contributed by atoms with Gasteiger partial charge >= 0.3 is 5.97 Å². The SMILES string of the molecule is C[C@@H](O)[C@H]1C(=O)N2C(C(=O)O)=C(c3ccc(C[n+]4ccc(CS(=O)(=O)[O-])cc4)cc3)C[C@H]12. The van der Waals surface area contributed by atoms with Gasteiger partial charge in [-0.05, 0) is 30.0 Å². The Hall–Kier alpha value is -3.08. The second-order valence-electron chi connectivity index (χ2n) is 8.16. The van der Waals surface area contributed by atoms with E-state index in [0.717, 1.165) is 5.56 Å². The molecule has 168 valence electrons. The van der Waals surface area contributed by atoms with Crippen LogP contribution >= 0.6 is 0 Å². The number of benzene rings is 1. The first-order valence-electron chi connectivity index (χ1n) is 10.0. The summed E-state index contributed by atoms with van der Waals surface area (Å²) in [5.74, 6) is -2.67. The summed E-state index contributed by atoms with van der Waals surface area (Å²) in [7, 11) is -4.33. The smallest absolute Gasteiger partial charge is 0.352 e. The quantitative estimate of drug-likeness (QED) is 0.349. The van der Waals surface area contributed by atoms with E-state index in [2.05, 4.69) is 0 Å². The number of amides is 1. The van der Waals surface area contributed by atoms with E-state index in [-0.39, 0.29) is 17.6 Å². The lowest BCUT2D eigenvalue weighted by molar-refractivity contribution is -0.688. The van der Waals surface area contributed by atoms with Gasteiger partial charge in [0.05, 0.1) is 33.9 Å². The Labute approximate surface area is 185 Å². The van der Waals surface area contributed by atoms with Gasteiger partial charge in [0.2, 0.25) is 5.91 Å². The number of rotatable bonds is 7. The Morgan fingerprint density at radius 1 is 1.19 bits per heavy atom. The third kappa shape index (κ3) is 4.16. The Morgan fingerprint density at radius 2 is 1.81 bits per heavy atom. The fourth-order valence-corrected chi connectivity index (χ4v) is 5.04. The topological polar surface area (TPSA) is 139 Å². The van der Waals surface area contributed by atoms with Crippen LogP contribution in [0.25, 0.3) is 5.57 Å². The number of carbonyl (C=O) groups excluding carboxylic acids is 1. The molecule has 2 aliphatic rings. The summed E-state index contributed by atoms with van der Waals surface area (Å²) in [4.78, 5) is 25.5. The minimum absolute atomic E-state index is 0.0251. The lowest BCUT2D eigenvalue weighted by atomic mass is 9.82. The summed E-state index contributed by atoms with van der Waals surface area (Å²) in [6.07, 6.45) is 2.91. The van der Waals surface area contributed by atoms with Gasteiger partial charge in [0.25, 0.3) is 0 Å². The van der Waals surface area contributed by atoms with E-state index in [1.165, 1.54) is 11.8 Å². The van der Waals surface area contributed by atoms with Gasteiger partial charge in [-0.3, -0.25) is 4.79 Å². The number of hydrogen-bond acceptors (Lipinski definition) is 6. The predicted octanol–water partition coefficient (Wildman–Crippen LogP) is 0.475. The molecule has 2 N–H and O–H groups in total. The van der Waals surface area contributed by atoms with Crippen molar-refractivity contribution in [1.82, 2.24) is 4.90 Å². The summed E-state index contributed by atoms with van der Waals surface area (Å²) in [6, 6.07) is 10.1. The van der Waals surface area contributed by atoms with Crippen LogP contribution < -0.4 is 4.57 Å². The Bertz CT molecular complexity index is 1200. The first-order chi connectivity index (χ1) is 15.0. The van der Waals surface area contributed by atoms with Gasteiger partial charge in [-0.1, -0.05) is 24.3 Å². The van der Waals surface area contributed by atoms with Crippen molar-refractivity contribution < 1.29 is 37.3 Å². The number of aromatic nitrogens is 1. The number of hydrogen-bond donors (Lipinski definition) is 2. The predicted molar refractivity (Wildman–Crippen MR) is 111 cm³/mol. The molecular formula is C22H22N2O7S. The van der Waals surface area contributed by atoms with Crippen molar-refractivity contribution in [3.8, 4) is 0 Å². The molecule has 0 spiro atoms. The summed E-state index contributed by atoms with van der Waals surface area (Å²) in [5.41, 5.74) is 2.60. The number of carboxylic acid groups (broad SMARTS) is 1. The Balaban J connectivity index is 1.51. The van der Waals surface area contributed by atoms with Crippen molar-refractivity contribution in [3.05, 3.63) is 71.2 Å². The van der Waals surface area contributed by atoms with Crippen molar-refractivity contribution in [3.63, 3.8) is 0 Å². The van der Waals surface area contributed by atoms with Crippen molar-refractivity contribution in [2.75, 3.05) is 0 Å². The average molecular weight is 458 g/mol. The molecule has 2 aliphatic heterocycles. The minimum atomic E-state index is -4.33. The molecular weight excluding hydrogens is 436 g/mol. The van der Waals surface area contributed by atoms with E-state index >= 15 is 0 Å². The average Bonchev–Trinajstić information content (AvgIpc) is 3.04. The van der Waals surface area contributed by atoms with Gasteiger partial charge in [-0.15, -0.1) is 0 Å². The number of nitrogens with zero attached hydrogens (tertiary/aromatic N) is 2. The summed E-state index contributed by atoms with van der Waals surface area (Å²) < 4.78 is 34.4. The third-order valence-electron chi connectivity index (χ3n) is 5.90. The zero-order valence-electron chi connectivity index (χ0n) is 17.2. The van der Waals surface area contributed by atoms with Crippen LogP contribution in [-0.4, -0.2) is 52.1 Å². The molecule has 0 unspecified atom stereocenters. The maximum atomic E-state index is 12.3. The zero-order valence-corrected chi connectivity index (χ0v) is 18.0. The number of carbonyl (C=O) groups is 2. The van der Waals surface area contributed by atoms with Gasteiger partial charge < -0.3 is 19.7 Å². The van der Waals surface area contributed by atoms with E-state index in [4.69, 9.17) is 0 Å². The number of aliphatic hydroxyl groups excluding tert-OH is 1. The molecule has 4 rings (SSSR count). The molecule has 2 aromatic rings. The molecule has 1 fully saturated rings. The van der Waals surface area contributed by atoms with Crippen LogP contribution in [0.2, 0.25) is 0 Å². The van der Waals surface area contributed by atoms with Crippen LogP contribution in [0, 0.1) is 5.92 Å². The highest BCUT2D eigenvalue weighted by molar-refractivity contribution is 7.84. The lowest BCUT2D eigenvalue weighted by Gasteiger charge is -2.44. The number of aliphatic hydroxyl groups is 1. The van der Waals surface area contributed by atoms with Crippen LogP contribution in [0.15, 0.2) is 54.5 Å². The highest BCUT2D eigenvalue weighted by Crippen LogP contribution is 2.46. The molecule has 0 aliphatic carbocycles. The molecule has 1 aromatic heterocycles. The summed E-state index contributed by atoms with van der Waals surface area (Å²) >= 11 is 0. The van der Waals surface area contributed by atoms with E-state index in [9.17, 15) is 32.8 Å². The minimum Gasteiger partial charge on any atom is -0.748 e. The second-order valence-corrected chi connectivity index (χ2v) is 9.56. The monoisotopic (exact) mass is 458 g/mol. The van der Waals surface area contributed by atoms with Crippen molar-refractivity contribution in [1.29, 1.82) is 0 Å². The molecule has 32 heavy (non-hydrogen) atoms. The fraction of sp³-hybridized carbons (Fsp3) is 0.318. The van der Waals surface area contributed by atoms with Gasteiger partial charge in [-0.2, -0.15) is 0 Å². The van der Waals surface area contributed by atoms with Crippen molar-refractivity contribution >= 4 is 27.6 Å². The van der Waals surface area contributed by atoms with E-state index in [1.807, 2.05) is 16.7 Å². The molecule has 9 nitrogen and oxygen atoms in total. The number of carboxylic acids is 1. The first-order valence-corrected chi connectivity index (χ1v) is 11.6. The number of fused-ring (bicyclic) bond motifs is 1. The highest BCUT2D eigenvalue weighted by Gasteiger charge is 2.56. The molecule has 0 radical (unpaired) electrons. The normalized spacial score (nSPS) is 21.3. The number of aliphatic carboxylic acids is 1. The van der Waals surface area contributed by atoms with Crippen molar-refractivity contribution in [2.24, 2.45) is 5.92 Å². The molecule has 1 saturated heterocycles. The van der Waals surface area contributed by atoms with Gasteiger partial charge in [0, 0.05) is 17.7 Å². The lowest BCUT2D eigenvalue weighted by Crippen LogP contribution is -2.61. The molecule has 1 amide bonds. The molecule has 0 bridgehead atoms. The Morgan fingerprint density at radius 3 is 2.34 bits per heavy atom. The zero-order chi connectivity index (χ0) is 23.2. The summed E-state index contributed by atoms with van der Waals surface area (Å²) in [5, 5.41) is 19.5. The third-order valence-corrected chi connectivity index (χ3v) is 6.59. The van der Waals surface area contributed by atoms with Crippen LogP contribution in [0.4, 0.5) is 0 Å². The molecule has 1 aromatic carbocycles. The molecule has 0 saturated carbocycles. The Kier molecular flexibility index (Phi) is 5.61. The van der Waals surface area contributed by atoms with Gasteiger partial charge in [0.1, 0.15) is 5.70 Å². The summed E-state index contributed by atoms with van der Waals surface area (Å²) in [6.45, 7) is 2.03. The first kappa shape index (κ1) is 22.1. The van der Waals surface area contributed by atoms with Gasteiger partial charge in [-0.25, -0.2) is 17.8 Å². The molecule has 10 heteroatoms. The maximum absolute atomic E-state index is 12.3. The largest absolute Gasteiger partial charge is 0.748 e. The van der Waals surface area contributed by atoms with Crippen molar-refractivity contribution in [2.45, 2.75) is 37.8 Å². The standard InChI is InChI=1S/C22H22N2O7S/c1-13(25)19-18-10-17(20(22(27)28)24(18)21(19)26)16-4-2-14(3-5-16)11-23-8-6-15(7-9-23)12-32(29,30)31/h2-9,13,18-19,25H,10-12H2,1H3,(H-,27,28,29,30,31)/t13-,18-,19-/m1/s1. The van der Waals surface area contributed by atoms with Crippen LogP contribution in [0.1, 0.15) is 30.0 Å². The van der Waals surface area contributed by atoms with E-state index < -0.39 is 33.9 Å². The second kappa shape index (κ2) is 8.12. The number of β-lactam (4-membered cyclic amide) rings is 1.